The van der Waals surface area contributed by atoms with Crippen LogP contribution in [0.25, 0.3) is 33.8 Å². The van der Waals surface area contributed by atoms with Crippen LogP contribution in [0.5, 0.6) is 0 Å². The molecular weight excluding hydrogens is 462 g/mol. The molecule has 1 saturated heterocycles. The van der Waals surface area contributed by atoms with Crippen molar-refractivity contribution >= 4 is 45.6 Å². The highest BCUT2D eigenvalue weighted by molar-refractivity contribution is 6.15. The van der Waals surface area contributed by atoms with Gasteiger partial charge in [-0.15, -0.1) is 0 Å². The zero-order valence-electron chi connectivity index (χ0n) is 21.1. The number of carbonyl (C=O) groups excluding carboxylic acids is 2. The van der Waals surface area contributed by atoms with Crippen LogP contribution in [0.3, 0.4) is 0 Å². The molecule has 0 spiro atoms. The molecule has 7 heteroatoms. The van der Waals surface area contributed by atoms with Crippen molar-refractivity contribution in [1.82, 2.24) is 25.1 Å². The van der Waals surface area contributed by atoms with Crippen LogP contribution in [0.2, 0.25) is 0 Å². The Labute approximate surface area is 216 Å². The Kier molecular flexibility index (Phi) is 6.22. The molecule has 0 radical (unpaired) electrons. The summed E-state index contributed by atoms with van der Waals surface area (Å²) in [4.78, 5) is 37.8. The van der Waals surface area contributed by atoms with E-state index in [1.807, 2.05) is 53.6 Å². The first kappa shape index (κ1) is 23.4. The molecule has 4 aromatic rings. The first-order chi connectivity index (χ1) is 18.0. The van der Waals surface area contributed by atoms with Gasteiger partial charge in [0, 0.05) is 60.8 Å². The topological polar surface area (TPSA) is 81.3 Å². The molecule has 0 unspecified atom stereocenters. The molecule has 0 saturated carbocycles. The van der Waals surface area contributed by atoms with E-state index in [4.69, 9.17) is 0 Å². The Morgan fingerprint density at radius 1 is 1.05 bits per heavy atom. The third kappa shape index (κ3) is 4.74. The van der Waals surface area contributed by atoms with Crippen molar-refractivity contribution in [3.63, 3.8) is 0 Å². The van der Waals surface area contributed by atoms with Crippen molar-refractivity contribution in [2.75, 3.05) is 39.8 Å². The fraction of sp³-hybridized carbons (Fsp3) is 0.300. The number of nitrogens with zero attached hydrogens (tertiary/aromatic N) is 3. The van der Waals surface area contributed by atoms with E-state index in [2.05, 4.69) is 39.4 Å². The highest BCUT2D eigenvalue weighted by Crippen LogP contribution is 2.31. The van der Waals surface area contributed by atoms with E-state index in [-0.39, 0.29) is 11.8 Å². The van der Waals surface area contributed by atoms with Crippen LogP contribution in [0.15, 0.2) is 48.7 Å². The minimum absolute atomic E-state index is 0.00161. The summed E-state index contributed by atoms with van der Waals surface area (Å²) in [6.45, 7) is 4.16. The molecule has 2 aliphatic heterocycles. The SMILES string of the molecule is CN1CCN(C(=O)Cc2cccc(C=Cc3cc4c(ccc5c6c([nH]c54)CCCNC6=O)cn3)c2)CC1. The number of piperazine rings is 1. The molecule has 0 bridgehead atoms. The molecule has 2 N–H and O–H groups in total. The van der Waals surface area contributed by atoms with Gasteiger partial charge in [0.2, 0.25) is 5.91 Å². The molecule has 2 aliphatic rings. The zero-order valence-corrected chi connectivity index (χ0v) is 21.1. The van der Waals surface area contributed by atoms with Crippen molar-refractivity contribution in [3.05, 3.63) is 76.7 Å². The lowest BCUT2D eigenvalue weighted by molar-refractivity contribution is -0.132. The molecule has 7 nitrogen and oxygen atoms in total. The van der Waals surface area contributed by atoms with E-state index in [1.165, 1.54) is 0 Å². The van der Waals surface area contributed by atoms with Crippen LogP contribution in [-0.2, 0) is 17.6 Å². The number of aromatic nitrogens is 2. The summed E-state index contributed by atoms with van der Waals surface area (Å²) < 4.78 is 0. The van der Waals surface area contributed by atoms with Crippen LogP contribution in [0, 0.1) is 0 Å². The molecule has 0 aliphatic carbocycles. The lowest BCUT2D eigenvalue weighted by Crippen LogP contribution is -2.47. The predicted molar refractivity (Wildman–Crippen MR) is 147 cm³/mol. The molecule has 0 atom stereocenters. The number of nitrogens with one attached hydrogen (secondary N) is 2. The quantitative estimate of drug-likeness (QED) is 0.452. The van der Waals surface area contributed by atoms with Crippen LogP contribution < -0.4 is 5.32 Å². The van der Waals surface area contributed by atoms with Gasteiger partial charge in [-0.1, -0.05) is 42.5 Å². The molecule has 2 aromatic carbocycles. The number of benzene rings is 2. The van der Waals surface area contributed by atoms with Crippen LogP contribution >= 0.6 is 0 Å². The Balaban J connectivity index is 1.24. The zero-order chi connectivity index (χ0) is 25.4. The number of fused-ring (bicyclic) bond motifs is 5. The fourth-order valence-electron chi connectivity index (χ4n) is 5.38. The van der Waals surface area contributed by atoms with Gasteiger partial charge < -0.3 is 20.1 Å². The summed E-state index contributed by atoms with van der Waals surface area (Å²) >= 11 is 0. The van der Waals surface area contributed by atoms with Gasteiger partial charge in [-0.05, 0) is 43.2 Å². The fourth-order valence-corrected chi connectivity index (χ4v) is 5.38. The molecule has 2 aromatic heterocycles. The number of carbonyl (C=O) groups is 2. The van der Waals surface area contributed by atoms with Gasteiger partial charge in [-0.25, -0.2) is 0 Å². The number of H-pyrrole nitrogens is 1. The van der Waals surface area contributed by atoms with E-state index in [0.29, 0.717) is 13.0 Å². The van der Waals surface area contributed by atoms with Gasteiger partial charge in [0.15, 0.2) is 0 Å². The first-order valence-electron chi connectivity index (χ1n) is 13.0. The van der Waals surface area contributed by atoms with Crippen LogP contribution in [0.4, 0.5) is 0 Å². The number of amides is 2. The molecule has 188 valence electrons. The second-order valence-electron chi connectivity index (χ2n) is 10.1. The maximum Gasteiger partial charge on any atom is 0.253 e. The molecule has 1 fully saturated rings. The molecule has 4 heterocycles. The Morgan fingerprint density at radius 2 is 1.92 bits per heavy atom. The highest BCUT2D eigenvalue weighted by atomic mass is 16.2. The number of hydrogen-bond donors (Lipinski definition) is 2. The van der Waals surface area contributed by atoms with Gasteiger partial charge in [-0.3, -0.25) is 14.6 Å². The van der Waals surface area contributed by atoms with E-state index < -0.39 is 0 Å². The lowest BCUT2D eigenvalue weighted by atomic mass is 10.0. The van der Waals surface area contributed by atoms with Gasteiger partial charge in [0.25, 0.3) is 5.91 Å². The third-order valence-electron chi connectivity index (χ3n) is 7.50. The standard InChI is InChI=1S/C30H31N5O2/c1-34-12-14-35(15-13-34)27(36)17-21-5-2-4-20(16-21)7-9-23-18-25-22(19-32-23)8-10-24-28-26(33-29(24)25)6-3-11-31-30(28)37/h2,4-5,7-10,16,18-19,33H,3,6,11-15,17H2,1H3,(H,31,37). The maximum atomic E-state index is 12.8. The van der Waals surface area contributed by atoms with Crippen molar-refractivity contribution in [2.45, 2.75) is 19.3 Å². The Hall–Kier alpha value is -3.97. The monoisotopic (exact) mass is 493 g/mol. The number of aromatic amines is 1. The third-order valence-corrected chi connectivity index (χ3v) is 7.50. The number of rotatable bonds is 4. The number of pyridine rings is 1. The number of hydrogen-bond acceptors (Lipinski definition) is 4. The molecule has 6 rings (SSSR count). The van der Waals surface area contributed by atoms with E-state index >= 15 is 0 Å². The largest absolute Gasteiger partial charge is 0.357 e. The molecule has 37 heavy (non-hydrogen) atoms. The summed E-state index contributed by atoms with van der Waals surface area (Å²) in [5.74, 6) is 0.186. The minimum Gasteiger partial charge on any atom is -0.357 e. The summed E-state index contributed by atoms with van der Waals surface area (Å²) in [7, 11) is 2.09. The van der Waals surface area contributed by atoms with Crippen molar-refractivity contribution < 1.29 is 9.59 Å². The second-order valence-corrected chi connectivity index (χ2v) is 10.1. The van der Waals surface area contributed by atoms with E-state index in [9.17, 15) is 9.59 Å². The molecule has 2 amide bonds. The number of likely N-dealkylation sites (N-methyl/N-ethyl adjacent to an activating group) is 1. The first-order valence-corrected chi connectivity index (χ1v) is 13.0. The predicted octanol–water partition coefficient (Wildman–Crippen LogP) is 3.88. The second kappa shape index (κ2) is 9.82. The molecular formula is C30H31N5O2. The van der Waals surface area contributed by atoms with Crippen molar-refractivity contribution in [2.24, 2.45) is 0 Å². The summed E-state index contributed by atoms with van der Waals surface area (Å²) in [5.41, 5.74) is 5.66. The van der Waals surface area contributed by atoms with E-state index in [1.54, 1.807) is 0 Å². The van der Waals surface area contributed by atoms with Gasteiger partial charge in [0.1, 0.15) is 0 Å². The summed E-state index contributed by atoms with van der Waals surface area (Å²) in [5, 5.41) is 6.05. The Bertz CT molecular complexity index is 1530. The minimum atomic E-state index is -0.00161. The average molecular weight is 494 g/mol. The van der Waals surface area contributed by atoms with Gasteiger partial charge >= 0.3 is 0 Å². The smallest absolute Gasteiger partial charge is 0.253 e. The van der Waals surface area contributed by atoms with Crippen LogP contribution in [-0.4, -0.2) is 71.4 Å². The van der Waals surface area contributed by atoms with Gasteiger partial charge in [-0.2, -0.15) is 0 Å². The van der Waals surface area contributed by atoms with Crippen molar-refractivity contribution in [1.29, 1.82) is 0 Å². The Morgan fingerprint density at radius 3 is 2.78 bits per heavy atom. The summed E-state index contributed by atoms with van der Waals surface area (Å²) in [6, 6.07) is 14.3. The van der Waals surface area contributed by atoms with E-state index in [0.717, 1.165) is 88.8 Å². The average Bonchev–Trinajstić information content (AvgIpc) is 3.19. The normalized spacial score (nSPS) is 16.8. The summed E-state index contributed by atoms with van der Waals surface area (Å²) in [6.07, 6.45) is 8.12. The maximum absolute atomic E-state index is 12.8. The van der Waals surface area contributed by atoms with Crippen molar-refractivity contribution in [3.8, 4) is 0 Å². The van der Waals surface area contributed by atoms with Crippen LogP contribution in [0.1, 0.15) is 39.3 Å². The van der Waals surface area contributed by atoms with Gasteiger partial charge in [0.05, 0.1) is 23.2 Å². The number of aryl methyl sites for hydroxylation is 1. The highest BCUT2D eigenvalue weighted by Gasteiger charge is 2.22. The lowest BCUT2D eigenvalue weighted by Gasteiger charge is -2.32.